The lowest BCUT2D eigenvalue weighted by Gasteiger charge is -2.07. The predicted octanol–water partition coefficient (Wildman–Crippen LogP) is 4.00. The molecule has 1 aromatic heterocycles. The van der Waals surface area contributed by atoms with Gasteiger partial charge in [0.15, 0.2) is 6.61 Å². The van der Waals surface area contributed by atoms with Crippen molar-refractivity contribution in [3.63, 3.8) is 0 Å². The molecule has 0 unspecified atom stereocenters. The Morgan fingerprint density at radius 2 is 1.91 bits per heavy atom. The fourth-order valence-corrected chi connectivity index (χ4v) is 2.11. The topological polar surface area (TPSA) is 68.5 Å². The first kappa shape index (κ1) is 16.4. The van der Waals surface area contributed by atoms with Crippen LogP contribution in [0.2, 0.25) is 10.0 Å². The van der Waals surface area contributed by atoms with E-state index in [0.717, 1.165) is 0 Å². The van der Waals surface area contributed by atoms with Crippen LogP contribution in [0.3, 0.4) is 0 Å². The molecular formula is C15H13Cl2NO4. The van der Waals surface area contributed by atoms with E-state index in [2.05, 4.69) is 5.32 Å². The third-order valence-electron chi connectivity index (χ3n) is 2.80. The highest BCUT2D eigenvalue weighted by Gasteiger charge is 2.16. The van der Waals surface area contributed by atoms with Crippen LogP contribution in [-0.4, -0.2) is 18.5 Å². The molecule has 0 aliphatic rings. The molecule has 2 aromatic rings. The van der Waals surface area contributed by atoms with Crippen LogP contribution < -0.4 is 5.32 Å². The van der Waals surface area contributed by atoms with Gasteiger partial charge in [-0.1, -0.05) is 23.2 Å². The molecule has 22 heavy (non-hydrogen) atoms. The molecule has 0 atom stereocenters. The Morgan fingerprint density at radius 3 is 2.50 bits per heavy atom. The summed E-state index contributed by atoms with van der Waals surface area (Å²) in [7, 11) is 0. The fourth-order valence-electron chi connectivity index (χ4n) is 1.81. The Kier molecular flexibility index (Phi) is 5.11. The van der Waals surface area contributed by atoms with Crippen LogP contribution in [0.5, 0.6) is 0 Å². The molecule has 0 aliphatic carbocycles. The molecular weight excluding hydrogens is 329 g/mol. The number of rotatable bonds is 4. The largest absolute Gasteiger partial charge is 0.466 e. The number of aryl methyl sites for hydroxylation is 2. The third-order valence-corrected chi connectivity index (χ3v) is 3.54. The van der Waals surface area contributed by atoms with Gasteiger partial charge in [-0.2, -0.15) is 0 Å². The van der Waals surface area contributed by atoms with Crippen LogP contribution in [0.4, 0.5) is 5.69 Å². The van der Waals surface area contributed by atoms with Gasteiger partial charge in [0.2, 0.25) is 0 Å². The number of anilines is 1. The Hall–Kier alpha value is -1.98. The van der Waals surface area contributed by atoms with Crippen LogP contribution in [0.1, 0.15) is 21.9 Å². The molecule has 0 fully saturated rings. The van der Waals surface area contributed by atoms with Gasteiger partial charge < -0.3 is 14.5 Å². The Labute approximate surface area is 137 Å². The number of benzene rings is 1. The van der Waals surface area contributed by atoms with Gasteiger partial charge >= 0.3 is 5.97 Å². The molecule has 1 N–H and O–H groups in total. The zero-order valence-corrected chi connectivity index (χ0v) is 13.4. The summed E-state index contributed by atoms with van der Waals surface area (Å²) in [5.74, 6) is -0.0413. The quantitative estimate of drug-likeness (QED) is 0.853. The van der Waals surface area contributed by atoms with Gasteiger partial charge in [0.25, 0.3) is 5.91 Å². The van der Waals surface area contributed by atoms with Gasteiger partial charge in [-0.05, 0) is 38.1 Å². The van der Waals surface area contributed by atoms with Crippen molar-refractivity contribution in [2.75, 3.05) is 11.9 Å². The molecule has 1 aromatic carbocycles. The average Bonchev–Trinajstić information content (AvgIpc) is 2.79. The highest BCUT2D eigenvalue weighted by atomic mass is 35.5. The van der Waals surface area contributed by atoms with E-state index >= 15 is 0 Å². The molecule has 116 valence electrons. The van der Waals surface area contributed by atoms with Crippen molar-refractivity contribution >= 4 is 40.8 Å². The molecule has 0 saturated heterocycles. The molecule has 1 amide bonds. The number of hydrogen-bond acceptors (Lipinski definition) is 4. The summed E-state index contributed by atoms with van der Waals surface area (Å²) in [5.41, 5.74) is 0.769. The molecule has 0 saturated carbocycles. The minimum atomic E-state index is -0.612. The highest BCUT2D eigenvalue weighted by molar-refractivity contribution is 6.42. The summed E-state index contributed by atoms with van der Waals surface area (Å²) < 4.78 is 10.2. The monoisotopic (exact) mass is 341 g/mol. The number of hydrogen-bond donors (Lipinski definition) is 1. The predicted molar refractivity (Wildman–Crippen MR) is 83.6 cm³/mol. The number of carbonyl (C=O) groups excluding carboxylic acids is 2. The van der Waals surface area contributed by atoms with Crippen LogP contribution in [0, 0.1) is 13.8 Å². The number of esters is 1. The minimum Gasteiger partial charge on any atom is -0.466 e. The van der Waals surface area contributed by atoms with E-state index in [-0.39, 0.29) is 0 Å². The normalized spacial score (nSPS) is 10.4. The van der Waals surface area contributed by atoms with Crippen molar-refractivity contribution in [3.8, 4) is 0 Å². The van der Waals surface area contributed by atoms with E-state index < -0.39 is 18.5 Å². The Morgan fingerprint density at radius 1 is 1.18 bits per heavy atom. The molecule has 2 rings (SSSR count). The molecule has 0 bridgehead atoms. The summed E-state index contributed by atoms with van der Waals surface area (Å²) in [6, 6.07) is 6.22. The second-order valence-corrected chi connectivity index (χ2v) is 5.39. The SMILES string of the molecule is Cc1cc(C(=O)OCC(=O)Nc2ccc(Cl)c(Cl)c2)c(C)o1. The lowest BCUT2D eigenvalue weighted by molar-refractivity contribution is -0.119. The fraction of sp³-hybridized carbons (Fsp3) is 0.200. The third kappa shape index (κ3) is 4.02. The highest BCUT2D eigenvalue weighted by Crippen LogP contribution is 2.25. The zero-order valence-electron chi connectivity index (χ0n) is 11.9. The lowest BCUT2D eigenvalue weighted by atomic mass is 10.2. The Balaban J connectivity index is 1.91. The first-order valence-corrected chi connectivity index (χ1v) is 7.11. The maximum Gasteiger partial charge on any atom is 0.342 e. The molecule has 7 heteroatoms. The number of carbonyl (C=O) groups is 2. The molecule has 0 spiro atoms. The van der Waals surface area contributed by atoms with Gasteiger partial charge in [-0.3, -0.25) is 4.79 Å². The molecule has 0 radical (unpaired) electrons. The maximum atomic E-state index is 11.8. The first-order chi connectivity index (χ1) is 10.4. The van der Waals surface area contributed by atoms with E-state index in [9.17, 15) is 9.59 Å². The van der Waals surface area contributed by atoms with Gasteiger partial charge in [-0.25, -0.2) is 4.79 Å². The van der Waals surface area contributed by atoms with Crippen molar-refractivity contribution < 1.29 is 18.7 Å². The van der Waals surface area contributed by atoms with Gasteiger partial charge in [-0.15, -0.1) is 0 Å². The molecule has 1 heterocycles. The maximum absolute atomic E-state index is 11.8. The number of nitrogens with one attached hydrogen (secondary N) is 1. The minimum absolute atomic E-state index is 0.305. The number of halogens is 2. The Bertz CT molecular complexity index is 724. The van der Waals surface area contributed by atoms with Crippen molar-refractivity contribution in [3.05, 3.63) is 51.4 Å². The van der Waals surface area contributed by atoms with E-state index in [1.165, 1.54) is 6.07 Å². The first-order valence-electron chi connectivity index (χ1n) is 6.36. The molecule has 5 nitrogen and oxygen atoms in total. The van der Waals surface area contributed by atoms with E-state index in [0.29, 0.717) is 32.8 Å². The van der Waals surface area contributed by atoms with E-state index in [4.69, 9.17) is 32.4 Å². The van der Waals surface area contributed by atoms with Crippen LogP contribution >= 0.6 is 23.2 Å². The van der Waals surface area contributed by atoms with Crippen LogP contribution in [-0.2, 0) is 9.53 Å². The summed E-state index contributed by atoms with van der Waals surface area (Å²) in [6.45, 7) is 2.96. The summed E-state index contributed by atoms with van der Waals surface area (Å²) in [4.78, 5) is 23.6. The van der Waals surface area contributed by atoms with E-state index in [1.807, 2.05) is 0 Å². The second-order valence-electron chi connectivity index (χ2n) is 4.58. The number of ether oxygens (including phenoxy) is 1. The van der Waals surface area contributed by atoms with Crippen molar-refractivity contribution in [1.82, 2.24) is 0 Å². The van der Waals surface area contributed by atoms with Crippen molar-refractivity contribution in [1.29, 1.82) is 0 Å². The summed E-state index contributed by atoms with van der Waals surface area (Å²) >= 11 is 11.6. The lowest BCUT2D eigenvalue weighted by Crippen LogP contribution is -2.21. The van der Waals surface area contributed by atoms with Crippen LogP contribution in [0.25, 0.3) is 0 Å². The number of amides is 1. The smallest absolute Gasteiger partial charge is 0.342 e. The number of furan rings is 1. The standard InChI is InChI=1S/C15H13Cl2NO4/c1-8-5-11(9(2)22-8)15(20)21-7-14(19)18-10-3-4-12(16)13(17)6-10/h3-6H,7H2,1-2H3,(H,18,19). The van der Waals surface area contributed by atoms with Crippen LogP contribution in [0.15, 0.2) is 28.7 Å². The zero-order chi connectivity index (χ0) is 16.3. The second kappa shape index (κ2) is 6.85. The van der Waals surface area contributed by atoms with Gasteiger partial charge in [0.1, 0.15) is 17.1 Å². The summed E-state index contributed by atoms with van der Waals surface area (Å²) in [5, 5.41) is 3.26. The van der Waals surface area contributed by atoms with E-state index in [1.54, 1.807) is 32.0 Å². The van der Waals surface area contributed by atoms with Gasteiger partial charge in [0.05, 0.1) is 10.0 Å². The van der Waals surface area contributed by atoms with Crippen molar-refractivity contribution in [2.45, 2.75) is 13.8 Å². The van der Waals surface area contributed by atoms with Crippen molar-refractivity contribution in [2.24, 2.45) is 0 Å². The summed E-state index contributed by atoms with van der Waals surface area (Å²) in [6.07, 6.45) is 0. The molecule has 0 aliphatic heterocycles. The van der Waals surface area contributed by atoms with Gasteiger partial charge in [0, 0.05) is 5.69 Å². The average molecular weight is 342 g/mol.